The Kier molecular flexibility index (Phi) is 3.19. The number of rotatable bonds is 2. The SMILES string of the molecule is CCNC(=O)C1CNCCC1(F)F. The van der Waals surface area contributed by atoms with Crippen LogP contribution in [0.25, 0.3) is 0 Å². The number of halogens is 2. The van der Waals surface area contributed by atoms with E-state index in [4.69, 9.17) is 0 Å². The maximum atomic E-state index is 13.1. The molecule has 1 aliphatic heterocycles. The second kappa shape index (κ2) is 4.00. The summed E-state index contributed by atoms with van der Waals surface area (Å²) in [6, 6.07) is 0. The first-order valence-electron chi connectivity index (χ1n) is 4.44. The smallest absolute Gasteiger partial charge is 0.262 e. The summed E-state index contributed by atoms with van der Waals surface area (Å²) in [5.41, 5.74) is 0. The Morgan fingerprint density at radius 1 is 1.69 bits per heavy atom. The van der Waals surface area contributed by atoms with Gasteiger partial charge in [-0.3, -0.25) is 4.79 Å². The highest BCUT2D eigenvalue weighted by Gasteiger charge is 2.45. The summed E-state index contributed by atoms with van der Waals surface area (Å²) in [7, 11) is 0. The van der Waals surface area contributed by atoms with Crippen LogP contribution >= 0.6 is 0 Å². The van der Waals surface area contributed by atoms with E-state index in [0.29, 0.717) is 6.54 Å². The fraction of sp³-hybridized carbons (Fsp3) is 0.875. The van der Waals surface area contributed by atoms with Crippen molar-refractivity contribution in [3.8, 4) is 0 Å². The number of hydrogen-bond acceptors (Lipinski definition) is 2. The fourth-order valence-corrected chi connectivity index (χ4v) is 1.41. The van der Waals surface area contributed by atoms with Gasteiger partial charge in [0.1, 0.15) is 5.92 Å². The molecule has 0 radical (unpaired) electrons. The average Bonchev–Trinajstić information content (AvgIpc) is 2.03. The lowest BCUT2D eigenvalue weighted by atomic mass is 9.94. The third-order valence-corrected chi connectivity index (χ3v) is 2.16. The van der Waals surface area contributed by atoms with E-state index in [-0.39, 0.29) is 19.5 Å². The van der Waals surface area contributed by atoms with Gasteiger partial charge in [0.15, 0.2) is 0 Å². The van der Waals surface area contributed by atoms with E-state index >= 15 is 0 Å². The zero-order valence-electron chi connectivity index (χ0n) is 7.57. The fourth-order valence-electron chi connectivity index (χ4n) is 1.41. The van der Waals surface area contributed by atoms with Gasteiger partial charge in [0.25, 0.3) is 5.92 Å². The Morgan fingerprint density at radius 3 is 2.92 bits per heavy atom. The second-order valence-corrected chi connectivity index (χ2v) is 3.16. The van der Waals surface area contributed by atoms with E-state index in [0.717, 1.165) is 0 Å². The maximum absolute atomic E-state index is 13.1. The molecule has 1 aliphatic rings. The highest BCUT2D eigenvalue weighted by molar-refractivity contribution is 5.80. The molecule has 0 saturated carbocycles. The Hall–Kier alpha value is -0.710. The Labute approximate surface area is 75.9 Å². The Balaban J connectivity index is 2.59. The van der Waals surface area contributed by atoms with Crippen LogP contribution in [-0.2, 0) is 4.79 Å². The molecule has 13 heavy (non-hydrogen) atoms. The van der Waals surface area contributed by atoms with Crippen molar-refractivity contribution in [1.82, 2.24) is 10.6 Å². The first-order chi connectivity index (χ1) is 6.08. The Bertz CT molecular complexity index is 197. The molecule has 1 saturated heterocycles. The van der Waals surface area contributed by atoms with Crippen LogP contribution in [0.3, 0.4) is 0 Å². The van der Waals surface area contributed by atoms with Crippen molar-refractivity contribution in [1.29, 1.82) is 0 Å². The standard InChI is InChI=1S/C8H14F2N2O/c1-2-12-7(13)6-5-11-4-3-8(6,9)10/h6,11H,2-5H2,1H3,(H,12,13). The number of nitrogens with one attached hydrogen (secondary N) is 2. The van der Waals surface area contributed by atoms with Crippen LogP contribution < -0.4 is 10.6 Å². The number of carbonyl (C=O) groups excluding carboxylic acids is 1. The molecule has 5 heteroatoms. The van der Waals surface area contributed by atoms with Crippen molar-refractivity contribution in [3.05, 3.63) is 0 Å². The molecule has 1 amide bonds. The van der Waals surface area contributed by atoms with Crippen LogP contribution in [0.2, 0.25) is 0 Å². The van der Waals surface area contributed by atoms with Gasteiger partial charge in [0, 0.05) is 26.1 Å². The van der Waals surface area contributed by atoms with E-state index in [1.165, 1.54) is 0 Å². The first-order valence-corrected chi connectivity index (χ1v) is 4.44. The van der Waals surface area contributed by atoms with Crippen LogP contribution in [0.1, 0.15) is 13.3 Å². The zero-order chi connectivity index (χ0) is 9.90. The summed E-state index contributed by atoms with van der Waals surface area (Å²) in [6.45, 7) is 2.46. The minimum absolute atomic E-state index is 0.0683. The monoisotopic (exact) mass is 192 g/mol. The van der Waals surface area contributed by atoms with E-state index in [1.807, 2.05) is 0 Å². The van der Waals surface area contributed by atoms with Gasteiger partial charge in [-0.1, -0.05) is 0 Å². The molecule has 1 rings (SSSR count). The predicted octanol–water partition coefficient (Wildman–Crippen LogP) is 0.367. The molecule has 0 spiro atoms. The lowest BCUT2D eigenvalue weighted by molar-refractivity contribution is -0.143. The number of alkyl halides is 2. The quantitative estimate of drug-likeness (QED) is 0.663. The van der Waals surface area contributed by atoms with Crippen molar-refractivity contribution >= 4 is 5.91 Å². The molecule has 1 unspecified atom stereocenters. The molecule has 0 aromatic heterocycles. The minimum Gasteiger partial charge on any atom is -0.356 e. The molecular formula is C8H14F2N2O. The van der Waals surface area contributed by atoms with Gasteiger partial charge in [0.05, 0.1) is 0 Å². The molecule has 0 aliphatic carbocycles. The van der Waals surface area contributed by atoms with Crippen LogP contribution in [0, 0.1) is 5.92 Å². The molecule has 0 bridgehead atoms. The summed E-state index contributed by atoms with van der Waals surface area (Å²) in [4.78, 5) is 11.2. The molecule has 76 valence electrons. The van der Waals surface area contributed by atoms with E-state index in [2.05, 4.69) is 10.6 Å². The largest absolute Gasteiger partial charge is 0.356 e. The highest BCUT2D eigenvalue weighted by atomic mass is 19.3. The molecule has 0 aromatic rings. The summed E-state index contributed by atoms with van der Waals surface area (Å²) in [5, 5.41) is 5.20. The van der Waals surface area contributed by atoms with Gasteiger partial charge in [0.2, 0.25) is 5.91 Å². The number of piperidine rings is 1. The van der Waals surface area contributed by atoms with Crippen molar-refractivity contribution in [2.45, 2.75) is 19.3 Å². The van der Waals surface area contributed by atoms with E-state index in [9.17, 15) is 13.6 Å². The highest BCUT2D eigenvalue weighted by Crippen LogP contribution is 2.30. The molecule has 1 heterocycles. The van der Waals surface area contributed by atoms with Crippen LogP contribution in [0.4, 0.5) is 8.78 Å². The third kappa shape index (κ3) is 2.37. The number of amides is 1. The Morgan fingerprint density at radius 2 is 2.38 bits per heavy atom. The van der Waals surface area contributed by atoms with Crippen molar-refractivity contribution < 1.29 is 13.6 Å². The first kappa shape index (κ1) is 10.4. The molecule has 3 nitrogen and oxygen atoms in total. The average molecular weight is 192 g/mol. The predicted molar refractivity (Wildman–Crippen MR) is 44.6 cm³/mol. The topological polar surface area (TPSA) is 41.1 Å². The van der Waals surface area contributed by atoms with Crippen LogP contribution in [-0.4, -0.2) is 31.5 Å². The summed E-state index contributed by atoms with van der Waals surface area (Å²) in [5.74, 6) is -4.62. The molecule has 2 N–H and O–H groups in total. The number of carbonyl (C=O) groups is 1. The van der Waals surface area contributed by atoms with Gasteiger partial charge in [-0.05, 0) is 6.92 Å². The maximum Gasteiger partial charge on any atom is 0.262 e. The van der Waals surface area contributed by atoms with Crippen LogP contribution in [0.15, 0.2) is 0 Å². The van der Waals surface area contributed by atoms with Gasteiger partial charge in [-0.15, -0.1) is 0 Å². The number of hydrogen-bond donors (Lipinski definition) is 2. The lowest BCUT2D eigenvalue weighted by Crippen LogP contribution is -2.51. The van der Waals surface area contributed by atoms with E-state index < -0.39 is 17.7 Å². The summed E-state index contributed by atoms with van der Waals surface area (Å²) < 4.78 is 26.3. The summed E-state index contributed by atoms with van der Waals surface area (Å²) >= 11 is 0. The second-order valence-electron chi connectivity index (χ2n) is 3.16. The van der Waals surface area contributed by atoms with Gasteiger partial charge < -0.3 is 10.6 Å². The summed E-state index contributed by atoms with van der Waals surface area (Å²) in [6.07, 6.45) is -0.255. The minimum atomic E-state index is -2.86. The van der Waals surface area contributed by atoms with Gasteiger partial charge in [-0.25, -0.2) is 8.78 Å². The molecule has 1 fully saturated rings. The van der Waals surface area contributed by atoms with Crippen LogP contribution in [0.5, 0.6) is 0 Å². The normalized spacial score (nSPS) is 26.8. The lowest BCUT2D eigenvalue weighted by Gasteiger charge is -2.30. The van der Waals surface area contributed by atoms with Crippen molar-refractivity contribution in [2.75, 3.05) is 19.6 Å². The van der Waals surface area contributed by atoms with Crippen molar-refractivity contribution in [3.63, 3.8) is 0 Å². The van der Waals surface area contributed by atoms with Gasteiger partial charge in [-0.2, -0.15) is 0 Å². The van der Waals surface area contributed by atoms with Crippen molar-refractivity contribution in [2.24, 2.45) is 5.92 Å². The zero-order valence-corrected chi connectivity index (χ0v) is 7.57. The van der Waals surface area contributed by atoms with E-state index in [1.54, 1.807) is 6.92 Å². The van der Waals surface area contributed by atoms with Gasteiger partial charge >= 0.3 is 0 Å². The molecule has 1 atom stereocenters. The molecular weight excluding hydrogens is 178 g/mol. The molecule has 0 aromatic carbocycles. The third-order valence-electron chi connectivity index (χ3n) is 2.16.